The van der Waals surface area contributed by atoms with Gasteiger partial charge in [0.1, 0.15) is 0 Å². The molecule has 1 unspecified atom stereocenters. The Balaban J connectivity index is 2.21. The van der Waals surface area contributed by atoms with E-state index in [1.54, 1.807) is 6.92 Å². The van der Waals surface area contributed by atoms with E-state index < -0.39 is 13.2 Å². The van der Waals surface area contributed by atoms with Gasteiger partial charge in [0.2, 0.25) is 0 Å². The van der Waals surface area contributed by atoms with Crippen LogP contribution in [0.1, 0.15) is 31.5 Å². The summed E-state index contributed by atoms with van der Waals surface area (Å²) in [4.78, 5) is 12.2. The quantitative estimate of drug-likeness (QED) is 0.789. The van der Waals surface area contributed by atoms with Gasteiger partial charge in [0.15, 0.2) is 0 Å². The van der Waals surface area contributed by atoms with E-state index in [1.807, 2.05) is 30.3 Å². The van der Waals surface area contributed by atoms with E-state index in [-0.39, 0.29) is 5.78 Å². The first-order valence-corrected chi connectivity index (χ1v) is 9.35. The van der Waals surface area contributed by atoms with Crippen LogP contribution in [-0.4, -0.2) is 26.1 Å². The fraction of sp³-hybridized carbons (Fsp3) is 0.438. The van der Waals surface area contributed by atoms with Crippen molar-refractivity contribution in [1.82, 2.24) is 0 Å². The molecule has 1 spiro atoms. The molecule has 0 aromatic heterocycles. The second-order valence-corrected chi connectivity index (χ2v) is 8.82. The van der Waals surface area contributed by atoms with Crippen LogP contribution in [0.2, 0.25) is 0 Å². The van der Waals surface area contributed by atoms with E-state index >= 15 is 0 Å². The molecular weight excluding hydrogens is 303 g/mol. The minimum atomic E-state index is -3.89. The number of Topliss-reactive ketones (excluding diaryl/α,β-unsaturated/α-hetero) is 1. The first-order valence-electron chi connectivity index (χ1n) is 7.37. The Morgan fingerprint density at radius 3 is 2.41 bits per heavy atom. The van der Waals surface area contributed by atoms with Crippen molar-refractivity contribution >= 4 is 13.3 Å². The maximum absolute atomic E-state index is 12.2. The third kappa shape index (κ3) is 2.12. The molecule has 2 aliphatic heterocycles. The van der Waals surface area contributed by atoms with Crippen molar-refractivity contribution in [2.45, 2.75) is 25.9 Å². The Kier molecular flexibility index (Phi) is 3.86. The Labute approximate surface area is 130 Å². The molecule has 120 valence electrons. The molecule has 1 aromatic carbocycles. The van der Waals surface area contributed by atoms with E-state index in [2.05, 4.69) is 0 Å². The molecule has 5 nitrogen and oxygen atoms in total. The zero-order valence-electron chi connectivity index (χ0n) is 13.1. The van der Waals surface area contributed by atoms with E-state index in [0.29, 0.717) is 24.5 Å². The Morgan fingerprint density at radius 2 is 1.86 bits per heavy atom. The molecule has 2 aliphatic rings. The van der Waals surface area contributed by atoms with Crippen LogP contribution in [0.5, 0.6) is 0 Å². The van der Waals surface area contributed by atoms with E-state index in [0.717, 1.165) is 12.0 Å². The van der Waals surface area contributed by atoms with Crippen molar-refractivity contribution in [2.24, 2.45) is 0 Å². The molecule has 0 amide bonds. The predicted molar refractivity (Wildman–Crippen MR) is 84.1 cm³/mol. The molecule has 22 heavy (non-hydrogen) atoms. The van der Waals surface area contributed by atoms with E-state index in [1.165, 1.54) is 14.0 Å². The van der Waals surface area contributed by atoms with E-state index in [9.17, 15) is 4.79 Å². The number of carbonyl (C=O) groups is 1. The van der Waals surface area contributed by atoms with Crippen molar-refractivity contribution in [3.05, 3.63) is 47.2 Å². The van der Waals surface area contributed by atoms with Gasteiger partial charge in [-0.05, 0) is 0 Å². The van der Waals surface area contributed by atoms with Gasteiger partial charge < -0.3 is 0 Å². The van der Waals surface area contributed by atoms with Gasteiger partial charge in [0.05, 0.1) is 0 Å². The summed E-state index contributed by atoms with van der Waals surface area (Å²) in [7, 11) is -2.35. The van der Waals surface area contributed by atoms with Crippen LogP contribution < -0.4 is 0 Å². The minimum absolute atomic E-state index is 0.0531. The second-order valence-electron chi connectivity index (χ2n) is 5.50. The van der Waals surface area contributed by atoms with E-state index in [4.69, 9.17) is 18.1 Å². The summed E-state index contributed by atoms with van der Waals surface area (Å²) in [6, 6.07) is 9.68. The molecule has 2 heterocycles. The summed E-state index contributed by atoms with van der Waals surface area (Å²) in [5.74, 6) is 0.477. The summed E-state index contributed by atoms with van der Waals surface area (Å²) in [6.07, 6.45) is 0.778. The normalized spacial score (nSPS) is 28.0. The molecule has 0 aliphatic carbocycles. The molecule has 1 saturated heterocycles. The first-order chi connectivity index (χ1) is 10.5. The number of benzene rings is 1. The van der Waals surface area contributed by atoms with Crippen LogP contribution in [0.25, 0.3) is 0 Å². The SMILES string of the molecule is COP12(OCCCO1)OC(C)=C(C(C)=O)C2c1ccccc1. The van der Waals surface area contributed by atoms with Crippen molar-refractivity contribution in [1.29, 1.82) is 0 Å². The summed E-state index contributed by atoms with van der Waals surface area (Å²) < 4.78 is 24.0. The molecule has 0 radical (unpaired) electrons. The fourth-order valence-electron chi connectivity index (χ4n) is 3.24. The number of allylic oxidation sites excluding steroid dienone is 2. The average Bonchev–Trinajstić information content (AvgIpc) is 2.79. The van der Waals surface area contributed by atoms with Crippen LogP contribution in [-0.2, 0) is 22.9 Å². The van der Waals surface area contributed by atoms with Crippen molar-refractivity contribution in [3.63, 3.8) is 0 Å². The number of hydrogen-bond acceptors (Lipinski definition) is 5. The molecule has 3 rings (SSSR count). The third-order valence-corrected chi connectivity index (χ3v) is 8.09. The first kappa shape index (κ1) is 15.6. The maximum atomic E-state index is 12.2. The topological polar surface area (TPSA) is 54.0 Å². The summed E-state index contributed by atoms with van der Waals surface area (Å²) in [5.41, 5.74) is 1.02. The van der Waals surface area contributed by atoms with Gasteiger partial charge >= 0.3 is 130 Å². The van der Waals surface area contributed by atoms with Gasteiger partial charge in [0.25, 0.3) is 0 Å². The monoisotopic (exact) mass is 324 g/mol. The van der Waals surface area contributed by atoms with Crippen LogP contribution >= 0.6 is 7.51 Å². The zero-order chi connectivity index (χ0) is 15.8. The van der Waals surface area contributed by atoms with Crippen LogP contribution in [0.4, 0.5) is 0 Å². The van der Waals surface area contributed by atoms with Gasteiger partial charge in [-0.1, -0.05) is 0 Å². The Morgan fingerprint density at radius 1 is 1.23 bits per heavy atom. The van der Waals surface area contributed by atoms with Crippen LogP contribution in [0.3, 0.4) is 0 Å². The standard InChI is InChI=1S/C16H21O5P/c1-12(17)15-13(2)21-22(18-3,19-10-7-11-20-22)16(15)14-8-5-4-6-9-14/h4-6,8-9,16H,7,10-11H2,1-3H3. The summed E-state index contributed by atoms with van der Waals surface area (Å²) in [6.45, 7) is 4.30. The Bertz CT molecular complexity index is 619. The molecule has 0 N–H and O–H groups in total. The second kappa shape index (κ2) is 5.43. The molecule has 1 fully saturated rings. The molecular formula is C16H21O5P. The van der Waals surface area contributed by atoms with Crippen molar-refractivity contribution in [3.8, 4) is 0 Å². The third-order valence-electron chi connectivity index (χ3n) is 4.14. The number of rotatable bonds is 3. The zero-order valence-corrected chi connectivity index (χ0v) is 14.0. The number of ketones is 1. The average molecular weight is 324 g/mol. The van der Waals surface area contributed by atoms with Crippen molar-refractivity contribution in [2.75, 3.05) is 20.3 Å². The van der Waals surface area contributed by atoms with Crippen LogP contribution in [0, 0.1) is 0 Å². The van der Waals surface area contributed by atoms with Gasteiger partial charge in [-0.25, -0.2) is 0 Å². The van der Waals surface area contributed by atoms with Gasteiger partial charge in [0, 0.05) is 0 Å². The summed E-state index contributed by atoms with van der Waals surface area (Å²) >= 11 is 0. The molecule has 1 atom stereocenters. The molecule has 1 aromatic rings. The number of hydrogen-bond donors (Lipinski definition) is 0. The molecule has 6 heteroatoms. The van der Waals surface area contributed by atoms with Gasteiger partial charge in [-0.2, -0.15) is 0 Å². The van der Waals surface area contributed by atoms with Gasteiger partial charge in [-0.15, -0.1) is 0 Å². The molecule has 0 bridgehead atoms. The summed E-state index contributed by atoms with van der Waals surface area (Å²) in [5, 5.41) is 0. The number of carbonyl (C=O) groups excluding carboxylic acids is 1. The van der Waals surface area contributed by atoms with Crippen molar-refractivity contribution < 1.29 is 22.9 Å². The predicted octanol–water partition coefficient (Wildman–Crippen LogP) is 3.92. The molecule has 0 saturated carbocycles. The fourth-order valence-corrected chi connectivity index (χ4v) is 7.27. The Hall–Kier alpha value is -1.26. The van der Waals surface area contributed by atoms with Gasteiger partial charge in [-0.3, -0.25) is 0 Å². The van der Waals surface area contributed by atoms with Crippen LogP contribution in [0.15, 0.2) is 41.7 Å².